The highest BCUT2D eigenvalue weighted by molar-refractivity contribution is 7.33. The van der Waals surface area contributed by atoms with Crippen LogP contribution < -0.4 is 25.5 Å². The van der Waals surface area contributed by atoms with Gasteiger partial charge in [0.05, 0.1) is 5.69 Å². The van der Waals surface area contributed by atoms with Gasteiger partial charge in [0.25, 0.3) is 6.71 Å². The lowest BCUT2D eigenvalue weighted by molar-refractivity contribution is 0.331. The van der Waals surface area contributed by atoms with Crippen LogP contribution in [0, 0.1) is 12.3 Å². The zero-order chi connectivity index (χ0) is 44.2. The number of nitrogens with zero attached hydrogens (tertiary/aromatic N) is 2. The van der Waals surface area contributed by atoms with E-state index in [1.165, 1.54) is 125 Å². The number of rotatable bonds is 3. The summed E-state index contributed by atoms with van der Waals surface area (Å²) in [5.74, 6) is 0. The maximum absolute atomic E-state index is 2.78. The minimum atomic E-state index is 0.00631. The first kappa shape index (κ1) is 40.9. The molecule has 5 aromatic carbocycles. The Hall–Kier alpha value is -4.80. The molecule has 63 heavy (non-hydrogen) atoms. The minimum absolute atomic E-state index is 0.00631. The van der Waals surface area contributed by atoms with Gasteiger partial charge in [-0.25, -0.2) is 0 Å². The van der Waals surface area contributed by atoms with Crippen LogP contribution in [0.3, 0.4) is 0 Å². The van der Waals surface area contributed by atoms with Gasteiger partial charge in [-0.1, -0.05) is 155 Å². The average Bonchev–Trinajstić information content (AvgIpc) is 3.62. The van der Waals surface area contributed by atoms with Crippen molar-refractivity contribution in [3.05, 3.63) is 148 Å². The molecule has 0 N–H and O–H groups in total. The van der Waals surface area contributed by atoms with E-state index >= 15 is 0 Å². The van der Waals surface area contributed by atoms with Gasteiger partial charge in [0.1, 0.15) is 0 Å². The summed E-state index contributed by atoms with van der Waals surface area (Å²) >= 11 is 2.03. The van der Waals surface area contributed by atoms with E-state index in [-0.39, 0.29) is 33.8 Å². The normalized spacial score (nSPS) is 20.1. The highest BCUT2D eigenvalue weighted by atomic mass is 32.1. The largest absolute Gasteiger partial charge is 0.313 e. The van der Waals surface area contributed by atoms with Crippen molar-refractivity contribution in [1.29, 1.82) is 0 Å². The molecular weight excluding hydrogens is 780 g/mol. The standard InChI is InChI=1S/C59H65BN2S/c1-36-32-47-51-48(33-36)62(46-27-22-38(55(2,3)4)34-41(46)37-18-14-13-15-19-37)52-40-20-16-17-21-49(40)63-54(52)60(51)45-26-25-43-50(59(11,12)31-30-57(43,7)8)53(45)61(47)39-23-24-42-44(35-39)58(9,10)29-28-56(42,5)6/h13-21,23-26,32-35H,22,27-31H2,1-12H3. The van der Waals surface area contributed by atoms with Crippen LogP contribution in [0.2, 0.25) is 0 Å². The Kier molecular flexibility index (Phi) is 8.85. The van der Waals surface area contributed by atoms with Gasteiger partial charge >= 0.3 is 0 Å². The molecule has 3 aliphatic carbocycles. The molecular formula is C59H65BN2S. The highest BCUT2D eigenvalue weighted by Gasteiger charge is 2.50. The summed E-state index contributed by atoms with van der Waals surface area (Å²) in [7, 11) is 0. The molecule has 2 aliphatic heterocycles. The molecule has 6 aromatic rings. The van der Waals surface area contributed by atoms with Crippen LogP contribution in [0.5, 0.6) is 0 Å². The number of anilines is 5. The molecule has 0 unspecified atom stereocenters. The molecule has 11 rings (SSSR count). The third kappa shape index (κ3) is 6.09. The van der Waals surface area contributed by atoms with Crippen molar-refractivity contribution in [1.82, 2.24) is 0 Å². The molecule has 5 aliphatic rings. The van der Waals surface area contributed by atoms with E-state index in [9.17, 15) is 0 Å². The fourth-order valence-electron chi connectivity index (χ4n) is 12.5. The van der Waals surface area contributed by atoms with Crippen molar-refractivity contribution < 1.29 is 0 Å². The summed E-state index contributed by atoms with van der Waals surface area (Å²) in [6, 6.07) is 38.3. The van der Waals surface area contributed by atoms with Crippen molar-refractivity contribution in [2.24, 2.45) is 5.41 Å². The summed E-state index contributed by atoms with van der Waals surface area (Å²) in [6.07, 6.45) is 9.36. The number of thiophene rings is 1. The van der Waals surface area contributed by atoms with E-state index in [0.717, 1.165) is 12.8 Å². The number of fused-ring (bicyclic) bond motifs is 9. The molecule has 0 radical (unpaired) electrons. The predicted octanol–water partition coefficient (Wildman–Crippen LogP) is 14.8. The smallest absolute Gasteiger partial charge is 0.264 e. The van der Waals surface area contributed by atoms with E-state index < -0.39 is 0 Å². The van der Waals surface area contributed by atoms with E-state index in [2.05, 4.69) is 196 Å². The number of aryl methyl sites for hydroxylation is 1. The number of hydrogen-bond acceptors (Lipinski definition) is 3. The van der Waals surface area contributed by atoms with Crippen LogP contribution >= 0.6 is 11.3 Å². The SMILES string of the molecule is Cc1cc2c3c(c1)N(c1ccc4c(c1)C(C)(C)CCC4(C)C)c1c(ccc4c1C(C)(C)CCC4(C)C)B3c1sc3ccccc3c1N2C1=C(c2ccccc2)C=C(C(C)(C)C)CC1. The van der Waals surface area contributed by atoms with E-state index in [0.29, 0.717) is 0 Å². The van der Waals surface area contributed by atoms with Gasteiger partial charge in [-0.15, -0.1) is 11.3 Å². The van der Waals surface area contributed by atoms with Crippen molar-refractivity contribution in [3.63, 3.8) is 0 Å². The Labute approximate surface area is 382 Å². The van der Waals surface area contributed by atoms with Crippen LogP contribution in [-0.2, 0) is 21.7 Å². The molecule has 4 heteroatoms. The molecule has 320 valence electrons. The van der Waals surface area contributed by atoms with E-state index in [1.807, 2.05) is 11.3 Å². The van der Waals surface area contributed by atoms with Crippen LogP contribution in [-0.4, -0.2) is 6.71 Å². The minimum Gasteiger partial charge on any atom is -0.313 e. The van der Waals surface area contributed by atoms with Crippen molar-refractivity contribution in [2.45, 2.75) is 143 Å². The summed E-state index contributed by atoms with van der Waals surface area (Å²) < 4.78 is 2.84. The van der Waals surface area contributed by atoms with E-state index in [4.69, 9.17) is 0 Å². The van der Waals surface area contributed by atoms with Crippen LogP contribution in [0.15, 0.2) is 114 Å². The molecule has 0 atom stereocenters. The molecule has 0 spiro atoms. The Morgan fingerprint density at radius 2 is 1.22 bits per heavy atom. The monoisotopic (exact) mass is 844 g/mol. The zero-order valence-electron chi connectivity index (χ0n) is 39.9. The number of hydrogen-bond donors (Lipinski definition) is 0. The van der Waals surface area contributed by atoms with Gasteiger partial charge < -0.3 is 9.80 Å². The molecule has 0 amide bonds. The van der Waals surface area contributed by atoms with Crippen molar-refractivity contribution in [2.75, 3.05) is 9.80 Å². The van der Waals surface area contributed by atoms with Gasteiger partial charge in [0.2, 0.25) is 0 Å². The average molecular weight is 845 g/mol. The third-order valence-corrected chi connectivity index (χ3v) is 17.6. The highest BCUT2D eigenvalue weighted by Crippen LogP contribution is 2.56. The second kappa shape index (κ2) is 13.6. The van der Waals surface area contributed by atoms with Crippen LogP contribution in [0.1, 0.15) is 148 Å². The molecule has 0 saturated carbocycles. The summed E-state index contributed by atoms with van der Waals surface area (Å²) in [5.41, 5.74) is 23.1. The fourth-order valence-corrected chi connectivity index (χ4v) is 13.8. The first-order valence-electron chi connectivity index (χ1n) is 23.9. The van der Waals surface area contributed by atoms with Crippen LogP contribution in [0.25, 0.3) is 15.7 Å². The Morgan fingerprint density at radius 3 is 1.94 bits per heavy atom. The summed E-state index contributed by atoms with van der Waals surface area (Å²) in [4.78, 5) is 5.54. The van der Waals surface area contributed by atoms with Gasteiger partial charge in [-0.05, 0) is 147 Å². The maximum atomic E-state index is 2.78. The van der Waals surface area contributed by atoms with Crippen molar-refractivity contribution >= 4 is 77.8 Å². The first-order valence-corrected chi connectivity index (χ1v) is 24.7. The zero-order valence-corrected chi connectivity index (χ0v) is 40.8. The lowest BCUT2D eigenvalue weighted by Gasteiger charge is -2.50. The van der Waals surface area contributed by atoms with Gasteiger partial charge in [-0.3, -0.25) is 0 Å². The fraction of sp³-hybridized carbons (Fsp3) is 0.390. The van der Waals surface area contributed by atoms with Gasteiger partial charge in [-0.2, -0.15) is 0 Å². The Morgan fingerprint density at radius 1 is 0.603 bits per heavy atom. The summed E-state index contributed by atoms with van der Waals surface area (Å²) in [5, 5.41) is 1.36. The van der Waals surface area contributed by atoms with Crippen LogP contribution in [0.4, 0.5) is 28.4 Å². The number of benzene rings is 5. The third-order valence-electron chi connectivity index (χ3n) is 16.3. The molecule has 2 nitrogen and oxygen atoms in total. The molecule has 1 aromatic heterocycles. The molecule has 3 heterocycles. The quantitative estimate of drug-likeness (QED) is 0.164. The lowest BCUT2D eigenvalue weighted by atomic mass is 9.35. The molecule has 0 bridgehead atoms. The summed E-state index contributed by atoms with van der Waals surface area (Å²) in [6.45, 7) is 29.5. The van der Waals surface area contributed by atoms with Gasteiger partial charge in [0, 0.05) is 48.9 Å². The second-order valence-corrected chi connectivity index (χ2v) is 24.6. The molecule has 0 saturated heterocycles. The van der Waals surface area contributed by atoms with Gasteiger partial charge in [0.15, 0.2) is 0 Å². The van der Waals surface area contributed by atoms with Crippen molar-refractivity contribution in [3.8, 4) is 0 Å². The lowest BCUT2D eigenvalue weighted by Crippen LogP contribution is -2.61. The number of allylic oxidation sites excluding steroid dienone is 4. The predicted molar refractivity (Wildman–Crippen MR) is 275 cm³/mol. The maximum Gasteiger partial charge on any atom is 0.264 e. The molecule has 0 fully saturated rings. The Bertz CT molecular complexity index is 2960. The first-order chi connectivity index (χ1) is 29.8. The van der Waals surface area contributed by atoms with E-state index in [1.54, 1.807) is 5.56 Å². The topological polar surface area (TPSA) is 6.48 Å². The Balaban J connectivity index is 1.28. The second-order valence-electron chi connectivity index (χ2n) is 23.5.